The van der Waals surface area contributed by atoms with Crippen molar-refractivity contribution in [2.24, 2.45) is 0 Å². The average molecular weight is 319 g/mol. The molecule has 1 amide bonds. The molecule has 1 aromatic heterocycles. The van der Waals surface area contributed by atoms with Gasteiger partial charge in [0.25, 0.3) is 0 Å². The Morgan fingerprint density at radius 1 is 1.35 bits per heavy atom. The summed E-state index contributed by atoms with van der Waals surface area (Å²) in [6, 6.07) is 5.84. The molecule has 1 N–H and O–H groups in total. The SMILES string of the molecule is O=C(CCc1nc(-c2ccc(F)cc2)no1)NC[C@@H]1CCCO1. The van der Waals surface area contributed by atoms with E-state index in [0.717, 1.165) is 19.4 Å². The van der Waals surface area contributed by atoms with Gasteiger partial charge in [0.05, 0.1) is 6.10 Å². The van der Waals surface area contributed by atoms with Crippen molar-refractivity contribution in [3.8, 4) is 11.4 Å². The molecule has 3 rings (SSSR count). The van der Waals surface area contributed by atoms with E-state index < -0.39 is 0 Å². The smallest absolute Gasteiger partial charge is 0.227 e. The predicted octanol–water partition coefficient (Wildman–Crippen LogP) is 2.10. The van der Waals surface area contributed by atoms with E-state index in [1.807, 2.05) is 0 Å². The van der Waals surface area contributed by atoms with Crippen molar-refractivity contribution in [3.63, 3.8) is 0 Å². The summed E-state index contributed by atoms with van der Waals surface area (Å²) < 4.78 is 23.4. The Hall–Kier alpha value is -2.28. The Balaban J connectivity index is 1.47. The summed E-state index contributed by atoms with van der Waals surface area (Å²) in [6.07, 6.45) is 2.82. The Labute approximate surface area is 133 Å². The molecule has 0 unspecified atom stereocenters. The number of carbonyl (C=O) groups excluding carboxylic acids is 1. The van der Waals surface area contributed by atoms with Gasteiger partial charge in [0.15, 0.2) is 0 Å². The molecule has 1 fully saturated rings. The first-order valence-corrected chi connectivity index (χ1v) is 7.67. The molecule has 122 valence electrons. The number of amides is 1. The molecule has 0 bridgehead atoms. The fourth-order valence-corrected chi connectivity index (χ4v) is 2.41. The van der Waals surface area contributed by atoms with Crippen LogP contribution in [0.15, 0.2) is 28.8 Å². The predicted molar refractivity (Wildman–Crippen MR) is 80.0 cm³/mol. The maximum Gasteiger partial charge on any atom is 0.227 e. The molecule has 1 saturated heterocycles. The summed E-state index contributed by atoms with van der Waals surface area (Å²) in [6.45, 7) is 1.32. The quantitative estimate of drug-likeness (QED) is 0.882. The first-order valence-electron chi connectivity index (χ1n) is 7.67. The van der Waals surface area contributed by atoms with Gasteiger partial charge >= 0.3 is 0 Å². The van der Waals surface area contributed by atoms with E-state index in [-0.39, 0.29) is 24.2 Å². The lowest BCUT2D eigenvalue weighted by Gasteiger charge is -2.09. The van der Waals surface area contributed by atoms with Gasteiger partial charge in [-0.3, -0.25) is 4.79 Å². The lowest BCUT2D eigenvalue weighted by atomic mass is 10.2. The van der Waals surface area contributed by atoms with Crippen LogP contribution in [0.25, 0.3) is 11.4 Å². The van der Waals surface area contributed by atoms with Crippen LogP contribution in [0.2, 0.25) is 0 Å². The normalized spacial score (nSPS) is 17.3. The summed E-state index contributed by atoms with van der Waals surface area (Å²) in [5, 5.41) is 6.69. The van der Waals surface area contributed by atoms with Gasteiger partial charge in [-0.25, -0.2) is 4.39 Å². The molecule has 1 aliphatic rings. The molecule has 23 heavy (non-hydrogen) atoms. The highest BCUT2D eigenvalue weighted by atomic mass is 19.1. The number of hydrogen-bond acceptors (Lipinski definition) is 5. The number of carbonyl (C=O) groups is 1. The van der Waals surface area contributed by atoms with Gasteiger partial charge < -0.3 is 14.6 Å². The molecule has 1 atom stereocenters. The standard InChI is InChI=1S/C16H18FN3O3/c17-12-5-3-11(4-6-12)16-19-15(23-20-16)8-7-14(21)18-10-13-2-1-9-22-13/h3-6,13H,1-2,7-10H2,(H,18,21)/t13-/m0/s1. The molecular weight excluding hydrogens is 301 g/mol. The summed E-state index contributed by atoms with van der Waals surface area (Å²) in [5.74, 6) is 0.388. The summed E-state index contributed by atoms with van der Waals surface area (Å²) in [4.78, 5) is 16.0. The van der Waals surface area contributed by atoms with Gasteiger partial charge in [0.2, 0.25) is 17.6 Å². The Morgan fingerprint density at radius 2 is 2.17 bits per heavy atom. The fourth-order valence-electron chi connectivity index (χ4n) is 2.41. The molecule has 7 heteroatoms. The van der Waals surface area contributed by atoms with Crippen LogP contribution in [0.4, 0.5) is 4.39 Å². The van der Waals surface area contributed by atoms with Gasteiger partial charge in [-0.2, -0.15) is 4.98 Å². The number of aromatic nitrogens is 2. The van der Waals surface area contributed by atoms with Crippen LogP contribution >= 0.6 is 0 Å². The lowest BCUT2D eigenvalue weighted by molar-refractivity contribution is -0.121. The molecule has 0 saturated carbocycles. The second-order valence-electron chi connectivity index (χ2n) is 5.46. The minimum Gasteiger partial charge on any atom is -0.376 e. The third kappa shape index (κ3) is 4.35. The van der Waals surface area contributed by atoms with Gasteiger partial charge in [-0.15, -0.1) is 0 Å². The number of nitrogens with zero attached hydrogens (tertiary/aromatic N) is 2. The minimum absolute atomic E-state index is 0.0676. The Kier molecular flexibility index (Phi) is 4.97. The van der Waals surface area contributed by atoms with Crippen LogP contribution in [-0.2, 0) is 16.0 Å². The molecule has 2 heterocycles. The van der Waals surface area contributed by atoms with Crippen molar-refractivity contribution in [2.45, 2.75) is 31.8 Å². The van der Waals surface area contributed by atoms with Crippen LogP contribution in [0.5, 0.6) is 0 Å². The average Bonchev–Trinajstić information content (AvgIpc) is 3.23. The third-order valence-corrected chi connectivity index (χ3v) is 3.69. The highest BCUT2D eigenvalue weighted by molar-refractivity contribution is 5.76. The van der Waals surface area contributed by atoms with Gasteiger partial charge in [0.1, 0.15) is 5.82 Å². The van der Waals surface area contributed by atoms with Crippen molar-refractivity contribution in [3.05, 3.63) is 36.0 Å². The van der Waals surface area contributed by atoms with Crippen molar-refractivity contribution >= 4 is 5.91 Å². The van der Waals surface area contributed by atoms with E-state index in [1.165, 1.54) is 12.1 Å². The summed E-state index contributed by atoms with van der Waals surface area (Å²) >= 11 is 0. The number of aryl methyl sites for hydroxylation is 1. The van der Waals surface area contributed by atoms with Crippen LogP contribution in [0.1, 0.15) is 25.2 Å². The van der Waals surface area contributed by atoms with Crippen molar-refractivity contribution < 1.29 is 18.4 Å². The number of nitrogens with one attached hydrogen (secondary N) is 1. The zero-order chi connectivity index (χ0) is 16.1. The van der Waals surface area contributed by atoms with E-state index in [9.17, 15) is 9.18 Å². The van der Waals surface area contributed by atoms with Crippen molar-refractivity contribution in [2.75, 3.05) is 13.2 Å². The topological polar surface area (TPSA) is 77.2 Å². The maximum absolute atomic E-state index is 12.9. The second kappa shape index (κ2) is 7.32. The van der Waals surface area contributed by atoms with Crippen LogP contribution < -0.4 is 5.32 Å². The molecule has 1 aromatic carbocycles. The van der Waals surface area contributed by atoms with E-state index in [0.29, 0.717) is 30.2 Å². The van der Waals surface area contributed by atoms with E-state index in [4.69, 9.17) is 9.26 Å². The number of rotatable bonds is 6. The zero-order valence-electron chi connectivity index (χ0n) is 12.6. The summed E-state index contributed by atoms with van der Waals surface area (Å²) in [7, 11) is 0. The largest absolute Gasteiger partial charge is 0.376 e. The molecule has 0 aliphatic carbocycles. The van der Waals surface area contributed by atoms with Gasteiger partial charge in [-0.05, 0) is 37.1 Å². The lowest BCUT2D eigenvalue weighted by Crippen LogP contribution is -2.31. The first-order chi connectivity index (χ1) is 11.2. The second-order valence-corrected chi connectivity index (χ2v) is 5.46. The monoisotopic (exact) mass is 319 g/mol. The van der Waals surface area contributed by atoms with Gasteiger partial charge in [-0.1, -0.05) is 5.16 Å². The highest BCUT2D eigenvalue weighted by Crippen LogP contribution is 2.16. The molecular formula is C16H18FN3O3. The van der Waals surface area contributed by atoms with Crippen molar-refractivity contribution in [1.29, 1.82) is 0 Å². The third-order valence-electron chi connectivity index (χ3n) is 3.69. The van der Waals surface area contributed by atoms with Crippen LogP contribution in [-0.4, -0.2) is 35.3 Å². The highest BCUT2D eigenvalue weighted by Gasteiger charge is 2.16. The van der Waals surface area contributed by atoms with Crippen molar-refractivity contribution in [1.82, 2.24) is 15.5 Å². The van der Waals surface area contributed by atoms with E-state index in [2.05, 4.69) is 15.5 Å². The molecule has 0 spiro atoms. The van der Waals surface area contributed by atoms with E-state index in [1.54, 1.807) is 12.1 Å². The van der Waals surface area contributed by atoms with Gasteiger partial charge in [0, 0.05) is 31.6 Å². The molecule has 1 aliphatic heterocycles. The van der Waals surface area contributed by atoms with Crippen LogP contribution in [0.3, 0.4) is 0 Å². The Morgan fingerprint density at radius 3 is 2.91 bits per heavy atom. The molecule has 2 aromatic rings. The fraction of sp³-hybridized carbons (Fsp3) is 0.438. The number of hydrogen-bond donors (Lipinski definition) is 1. The minimum atomic E-state index is -0.319. The molecule has 6 nitrogen and oxygen atoms in total. The Bertz CT molecular complexity index is 651. The number of benzene rings is 1. The van der Waals surface area contributed by atoms with E-state index >= 15 is 0 Å². The maximum atomic E-state index is 12.9. The zero-order valence-corrected chi connectivity index (χ0v) is 12.6. The summed E-state index contributed by atoms with van der Waals surface area (Å²) in [5.41, 5.74) is 0.671. The van der Waals surface area contributed by atoms with Crippen LogP contribution in [0, 0.1) is 5.82 Å². The first kappa shape index (κ1) is 15.6. The molecule has 0 radical (unpaired) electrons. The number of halogens is 1. The number of ether oxygens (including phenoxy) is 1.